The molecular weight excluding hydrogens is 230 g/mol. The Morgan fingerprint density at radius 2 is 1.94 bits per heavy atom. The molecule has 0 fully saturated rings. The molecule has 18 heavy (non-hydrogen) atoms. The second-order valence-electron chi connectivity index (χ2n) is 4.30. The van der Waals surface area contributed by atoms with Crippen LogP contribution in [0.15, 0.2) is 28.9 Å². The van der Waals surface area contributed by atoms with E-state index in [1.54, 1.807) is 32.0 Å². The fourth-order valence-electron chi connectivity index (χ4n) is 1.75. The van der Waals surface area contributed by atoms with Crippen LogP contribution in [0.5, 0.6) is 5.75 Å². The summed E-state index contributed by atoms with van der Waals surface area (Å²) in [5.74, 6) is 0.597. The maximum Gasteiger partial charge on any atom is 0.259 e. The summed E-state index contributed by atoms with van der Waals surface area (Å²) in [6.45, 7) is 5.36. The van der Waals surface area contributed by atoms with Gasteiger partial charge in [-0.3, -0.25) is 4.79 Å². The molecule has 0 aliphatic rings. The molecule has 0 aliphatic carbocycles. The Morgan fingerprint density at radius 3 is 2.56 bits per heavy atom. The Hall–Kier alpha value is -2.23. The molecule has 0 radical (unpaired) electrons. The van der Waals surface area contributed by atoms with Crippen LogP contribution in [0.25, 0.3) is 0 Å². The van der Waals surface area contributed by atoms with Crippen LogP contribution in [0.1, 0.15) is 27.2 Å². The molecule has 0 bridgehead atoms. The number of amides is 1. The average Bonchev–Trinajstić information content (AvgIpc) is 2.72. The summed E-state index contributed by atoms with van der Waals surface area (Å²) < 4.78 is 5.10. The number of phenolic OH excluding ortho intramolecular Hbond substituents is 1. The zero-order valence-electron chi connectivity index (χ0n) is 10.6. The van der Waals surface area contributed by atoms with Gasteiger partial charge >= 0.3 is 0 Å². The molecule has 2 aromatic rings. The first kappa shape index (κ1) is 12.2. The van der Waals surface area contributed by atoms with Gasteiger partial charge in [-0.1, -0.05) is 0 Å². The van der Waals surface area contributed by atoms with E-state index in [0.717, 1.165) is 11.1 Å². The topological polar surface area (TPSA) is 62.5 Å². The van der Waals surface area contributed by atoms with Gasteiger partial charge in [-0.25, -0.2) is 0 Å². The Balaban J connectivity index is 2.28. The van der Waals surface area contributed by atoms with Gasteiger partial charge in [0, 0.05) is 5.69 Å². The number of furan rings is 1. The fourth-order valence-corrected chi connectivity index (χ4v) is 1.75. The molecule has 94 valence electrons. The molecule has 0 saturated carbocycles. The van der Waals surface area contributed by atoms with Gasteiger partial charge in [0.1, 0.15) is 11.5 Å². The maximum atomic E-state index is 12.0. The van der Waals surface area contributed by atoms with Crippen LogP contribution in [0.2, 0.25) is 0 Å². The van der Waals surface area contributed by atoms with Crippen molar-refractivity contribution in [2.75, 3.05) is 5.32 Å². The van der Waals surface area contributed by atoms with E-state index in [2.05, 4.69) is 5.32 Å². The van der Waals surface area contributed by atoms with E-state index in [-0.39, 0.29) is 11.7 Å². The molecule has 4 heteroatoms. The summed E-state index contributed by atoms with van der Waals surface area (Å²) in [6, 6.07) is 5.01. The van der Waals surface area contributed by atoms with Crippen molar-refractivity contribution in [1.29, 1.82) is 0 Å². The second-order valence-corrected chi connectivity index (χ2v) is 4.30. The van der Waals surface area contributed by atoms with Crippen LogP contribution in [0, 0.1) is 20.8 Å². The van der Waals surface area contributed by atoms with E-state index in [4.69, 9.17) is 4.42 Å². The van der Waals surface area contributed by atoms with Crippen LogP contribution in [0.3, 0.4) is 0 Å². The van der Waals surface area contributed by atoms with Crippen LogP contribution in [0.4, 0.5) is 5.69 Å². The highest BCUT2D eigenvalue weighted by molar-refractivity contribution is 6.05. The largest absolute Gasteiger partial charge is 0.508 e. The number of benzene rings is 1. The van der Waals surface area contributed by atoms with Crippen LogP contribution in [-0.4, -0.2) is 11.0 Å². The van der Waals surface area contributed by atoms with Crippen molar-refractivity contribution in [1.82, 2.24) is 0 Å². The minimum atomic E-state index is -0.213. The molecule has 0 unspecified atom stereocenters. The van der Waals surface area contributed by atoms with E-state index in [1.807, 2.05) is 6.92 Å². The Kier molecular flexibility index (Phi) is 3.10. The van der Waals surface area contributed by atoms with Gasteiger partial charge < -0.3 is 14.8 Å². The van der Waals surface area contributed by atoms with Gasteiger partial charge in [-0.15, -0.1) is 0 Å². The zero-order valence-corrected chi connectivity index (χ0v) is 10.6. The lowest BCUT2D eigenvalue weighted by molar-refractivity contribution is 0.102. The number of carbonyl (C=O) groups excluding carboxylic acids is 1. The van der Waals surface area contributed by atoms with E-state index < -0.39 is 0 Å². The number of hydrogen-bond donors (Lipinski definition) is 2. The molecule has 0 saturated heterocycles. The Bertz CT molecular complexity index is 599. The average molecular weight is 245 g/mol. The molecule has 0 atom stereocenters. The minimum absolute atomic E-state index is 0.213. The molecule has 0 spiro atoms. The SMILES string of the molecule is Cc1cc(NC(=O)c2ccoc2C)c(C)cc1O. The monoisotopic (exact) mass is 245 g/mol. The third-order valence-corrected chi connectivity index (χ3v) is 2.89. The van der Waals surface area contributed by atoms with E-state index in [9.17, 15) is 9.90 Å². The number of aromatic hydroxyl groups is 1. The lowest BCUT2D eigenvalue weighted by atomic mass is 10.1. The summed E-state index contributed by atoms with van der Waals surface area (Å²) in [4.78, 5) is 12.0. The number of anilines is 1. The van der Waals surface area contributed by atoms with E-state index in [1.165, 1.54) is 6.26 Å². The molecule has 4 nitrogen and oxygen atoms in total. The first-order valence-corrected chi connectivity index (χ1v) is 5.64. The van der Waals surface area contributed by atoms with Gasteiger partial charge in [-0.05, 0) is 50.1 Å². The quantitative estimate of drug-likeness (QED) is 0.799. The standard InChI is InChI=1S/C14H15NO3/c1-8-7-13(16)9(2)6-12(8)15-14(17)11-4-5-18-10(11)3/h4-7,16H,1-3H3,(H,15,17). The van der Waals surface area contributed by atoms with Crippen molar-refractivity contribution in [3.63, 3.8) is 0 Å². The highest BCUT2D eigenvalue weighted by atomic mass is 16.3. The number of nitrogens with one attached hydrogen (secondary N) is 1. The normalized spacial score (nSPS) is 10.4. The lowest BCUT2D eigenvalue weighted by Crippen LogP contribution is -2.13. The maximum absolute atomic E-state index is 12.0. The summed E-state index contributed by atoms with van der Waals surface area (Å²) in [6.07, 6.45) is 1.49. The number of phenols is 1. The first-order chi connectivity index (χ1) is 8.49. The molecular formula is C14H15NO3. The molecule has 2 rings (SSSR count). The van der Waals surface area contributed by atoms with Gasteiger partial charge in [0.05, 0.1) is 11.8 Å². The smallest absolute Gasteiger partial charge is 0.259 e. The van der Waals surface area contributed by atoms with Crippen molar-refractivity contribution in [2.24, 2.45) is 0 Å². The predicted octanol–water partition coefficient (Wildman–Crippen LogP) is 3.16. The molecule has 1 heterocycles. The fraction of sp³-hybridized carbons (Fsp3) is 0.214. The van der Waals surface area contributed by atoms with Crippen molar-refractivity contribution in [3.05, 3.63) is 46.9 Å². The molecule has 2 N–H and O–H groups in total. The Morgan fingerprint density at radius 1 is 1.22 bits per heavy atom. The van der Waals surface area contributed by atoms with Gasteiger partial charge in [0.2, 0.25) is 0 Å². The van der Waals surface area contributed by atoms with Gasteiger partial charge in [0.15, 0.2) is 0 Å². The third kappa shape index (κ3) is 2.22. The molecule has 0 aliphatic heterocycles. The number of carbonyl (C=O) groups is 1. The number of aryl methyl sites for hydroxylation is 3. The van der Waals surface area contributed by atoms with Gasteiger partial charge in [-0.2, -0.15) is 0 Å². The molecule has 1 aromatic heterocycles. The molecule has 1 amide bonds. The minimum Gasteiger partial charge on any atom is -0.508 e. The lowest BCUT2D eigenvalue weighted by Gasteiger charge is -2.10. The van der Waals surface area contributed by atoms with Crippen molar-refractivity contribution < 1.29 is 14.3 Å². The van der Waals surface area contributed by atoms with Crippen molar-refractivity contribution in [2.45, 2.75) is 20.8 Å². The van der Waals surface area contributed by atoms with Crippen LogP contribution < -0.4 is 5.32 Å². The second kappa shape index (κ2) is 4.56. The third-order valence-electron chi connectivity index (χ3n) is 2.89. The van der Waals surface area contributed by atoms with E-state index in [0.29, 0.717) is 17.0 Å². The molecule has 1 aromatic carbocycles. The Labute approximate surface area is 105 Å². The highest BCUT2D eigenvalue weighted by Crippen LogP contribution is 2.25. The van der Waals surface area contributed by atoms with E-state index >= 15 is 0 Å². The number of rotatable bonds is 2. The van der Waals surface area contributed by atoms with Gasteiger partial charge in [0.25, 0.3) is 5.91 Å². The van der Waals surface area contributed by atoms with Crippen molar-refractivity contribution >= 4 is 11.6 Å². The first-order valence-electron chi connectivity index (χ1n) is 5.64. The highest BCUT2D eigenvalue weighted by Gasteiger charge is 2.13. The summed E-state index contributed by atoms with van der Waals surface area (Å²) in [5.41, 5.74) is 2.74. The zero-order chi connectivity index (χ0) is 13.3. The predicted molar refractivity (Wildman–Crippen MR) is 69.0 cm³/mol. The summed E-state index contributed by atoms with van der Waals surface area (Å²) in [5, 5.41) is 12.4. The summed E-state index contributed by atoms with van der Waals surface area (Å²) in [7, 11) is 0. The summed E-state index contributed by atoms with van der Waals surface area (Å²) >= 11 is 0. The van der Waals surface area contributed by atoms with Crippen molar-refractivity contribution in [3.8, 4) is 5.75 Å². The number of hydrogen-bond acceptors (Lipinski definition) is 3. The van der Waals surface area contributed by atoms with Crippen LogP contribution >= 0.6 is 0 Å². The van der Waals surface area contributed by atoms with Crippen LogP contribution in [-0.2, 0) is 0 Å².